The number of hydrogen-bond donors (Lipinski definition) is 1. The smallest absolute Gasteiger partial charge is 0.244 e. The van der Waals surface area contributed by atoms with E-state index in [9.17, 15) is 21.6 Å². The predicted molar refractivity (Wildman–Crippen MR) is 128 cm³/mol. The lowest BCUT2D eigenvalue weighted by atomic mass is 10.1. The number of piperazine rings is 1. The second-order valence-corrected chi connectivity index (χ2v) is 12.0. The van der Waals surface area contributed by atoms with Gasteiger partial charge in [-0.2, -0.15) is 4.31 Å². The number of carbonyl (C=O) groups excluding carboxylic acids is 1. The van der Waals surface area contributed by atoms with Gasteiger partial charge in [0.15, 0.2) is 5.78 Å². The summed E-state index contributed by atoms with van der Waals surface area (Å²) in [7, 11) is -6.93. The quantitative estimate of drug-likeness (QED) is 0.624. The van der Waals surface area contributed by atoms with E-state index in [1.165, 1.54) is 10.4 Å². The molecule has 1 N–H and O–H groups in total. The third kappa shape index (κ3) is 5.55. The Hall–Kier alpha value is -2.47. The number of fused-ring (bicyclic) bond motifs is 1. The van der Waals surface area contributed by atoms with E-state index in [4.69, 9.17) is 0 Å². The molecule has 9 nitrogen and oxygen atoms in total. The first-order valence-corrected chi connectivity index (χ1v) is 14.1. The number of carbonyl (C=O) groups is 1. The number of sulfonamides is 2. The van der Waals surface area contributed by atoms with Gasteiger partial charge in [0.1, 0.15) is 0 Å². The Bertz CT molecular complexity index is 1220. The number of anilines is 2. The summed E-state index contributed by atoms with van der Waals surface area (Å²) in [4.78, 5) is 17.0. The Kier molecular flexibility index (Phi) is 6.76. The Morgan fingerprint density at radius 3 is 2.27 bits per heavy atom. The lowest BCUT2D eigenvalue weighted by Crippen LogP contribution is -2.47. The van der Waals surface area contributed by atoms with Crippen LogP contribution >= 0.6 is 0 Å². The van der Waals surface area contributed by atoms with E-state index in [-0.39, 0.29) is 22.8 Å². The molecule has 0 aromatic heterocycles. The van der Waals surface area contributed by atoms with E-state index in [0.717, 1.165) is 44.7 Å². The van der Waals surface area contributed by atoms with E-state index in [2.05, 4.69) is 14.5 Å². The summed E-state index contributed by atoms with van der Waals surface area (Å²) >= 11 is 0. The predicted octanol–water partition coefficient (Wildman–Crippen LogP) is 1.46. The van der Waals surface area contributed by atoms with Crippen LogP contribution in [0.2, 0.25) is 0 Å². The number of hydrogen-bond acceptors (Lipinski definition) is 7. The van der Waals surface area contributed by atoms with E-state index in [1.54, 1.807) is 30.3 Å². The second-order valence-electron chi connectivity index (χ2n) is 8.36. The molecular weight excluding hydrogens is 464 g/mol. The van der Waals surface area contributed by atoms with Gasteiger partial charge < -0.3 is 4.90 Å². The van der Waals surface area contributed by atoms with Crippen LogP contribution in [0.4, 0.5) is 11.4 Å². The van der Waals surface area contributed by atoms with E-state index < -0.39 is 20.0 Å². The molecule has 0 atom stereocenters. The van der Waals surface area contributed by atoms with E-state index in [1.807, 2.05) is 12.1 Å². The topological polar surface area (TPSA) is 107 Å². The van der Waals surface area contributed by atoms with Crippen molar-refractivity contribution >= 4 is 37.2 Å². The molecule has 0 saturated carbocycles. The molecule has 0 spiro atoms. The maximum Gasteiger partial charge on any atom is 0.244 e. The molecule has 2 aliphatic heterocycles. The molecule has 11 heteroatoms. The summed E-state index contributed by atoms with van der Waals surface area (Å²) in [6, 6.07) is 13.7. The first kappa shape index (κ1) is 23.7. The van der Waals surface area contributed by atoms with Crippen molar-refractivity contribution in [2.45, 2.75) is 11.3 Å². The van der Waals surface area contributed by atoms with Crippen LogP contribution in [-0.4, -0.2) is 83.9 Å². The van der Waals surface area contributed by atoms with Gasteiger partial charge in [0.2, 0.25) is 20.0 Å². The van der Waals surface area contributed by atoms with Crippen LogP contribution in [0, 0.1) is 0 Å². The summed E-state index contributed by atoms with van der Waals surface area (Å²) in [6.45, 7) is 4.32. The summed E-state index contributed by atoms with van der Waals surface area (Å²) < 4.78 is 52.1. The van der Waals surface area contributed by atoms with Crippen molar-refractivity contribution in [3.8, 4) is 0 Å². The van der Waals surface area contributed by atoms with Gasteiger partial charge in [-0.3, -0.25) is 14.4 Å². The van der Waals surface area contributed by atoms with Crippen molar-refractivity contribution in [3.05, 3.63) is 54.1 Å². The van der Waals surface area contributed by atoms with Gasteiger partial charge in [0, 0.05) is 49.7 Å². The van der Waals surface area contributed by atoms with Gasteiger partial charge in [0.25, 0.3) is 0 Å². The molecule has 0 bridgehead atoms. The SMILES string of the molecule is CS(=O)(=O)Nc1ccc(N2CCN(CCCN3CC(=O)c4ccccc4S3(=O)=O)CC2)cc1. The van der Waals surface area contributed by atoms with Crippen molar-refractivity contribution in [3.63, 3.8) is 0 Å². The molecule has 1 fully saturated rings. The summed E-state index contributed by atoms with van der Waals surface area (Å²) in [5.74, 6) is -0.160. The van der Waals surface area contributed by atoms with Crippen molar-refractivity contribution < 1.29 is 21.6 Å². The van der Waals surface area contributed by atoms with Gasteiger partial charge in [-0.05, 0) is 49.4 Å². The normalized spacial score (nSPS) is 19.3. The third-order valence-corrected chi connectivity index (χ3v) is 8.42. The van der Waals surface area contributed by atoms with Gasteiger partial charge >= 0.3 is 0 Å². The average Bonchev–Trinajstić information content (AvgIpc) is 2.77. The Morgan fingerprint density at radius 2 is 1.61 bits per heavy atom. The average molecular weight is 493 g/mol. The fourth-order valence-electron chi connectivity index (χ4n) is 4.25. The number of nitrogens with one attached hydrogen (secondary N) is 1. The molecule has 0 aliphatic carbocycles. The van der Waals surface area contributed by atoms with Crippen LogP contribution in [0.3, 0.4) is 0 Å². The second kappa shape index (κ2) is 9.41. The monoisotopic (exact) mass is 492 g/mol. The highest BCUT2D eigenvalue weighted by atomic mass is 32.2. The maximum atomic E-state index is 12.8. The minimum Gasteiger partial charge on any atom is -0.369 e. The van der Waals surface area contributed by atoms with Crippen molar-refractivity contribution in [1.29, 1.82) is 0 Å². The molecule has 2 heterocycles. The zero-order valence-electron chi connectivity index (χ0n) is 18.5. The van der Waals surface area contributed by atoms with Crippen LogP contribution in [0.15, 0.2) is 53.4 Å². The number of benzene rings is 2. The van der Waals surface area contributed by atoms with Gasteiger partial charge in [0.05, 0.1) is 17.7 Å². The van der Waals surface area contributed by atoms with Crippen LogP contribution in [0.5, 0.6) is 0 Å². The maximum absolute atomic E-state index is 12.8. The number of Topliss-reactive ketones (excluding diaryl/α,β-unsaturated/α-hetero) is 1. The molecule has 4 rings (SSSR count). The van der Waals surface area contributed by atoms with Gasteiger partial charge in [-0.25, -0.2) is 16.8 Å². The molecule has 2 aromatic carbocycles. The highest BCUT2D eigenvalue weighted by molar-refractivity contribution is 7.92. The molecule has 178 valence electrons. The minimum atomic E-state index is -3.64. The molecule has 1 saturated heterocycles. The third-order valence-electron chi connectivity index (χ3n) is 5.92. The van der Waals surface area contributed by atoms with E-state index in [0.29, 0.717) is 18.7 Å². The highest BCUT2D eigenvalue weighted by Crippen LogP contribution is 2.26. The molecule has 2 aromatic rings. The molecule has 2 aliphatic rings. The highest BCUT2D eigenvalue weighted by Gasteiger charge is 2.35. The van der Waals surface area contributed by atoms with Crippen LogP contribution in [0.25, 0.3) is 0 Å². The zero-order valence-corrected chi connectivity index (χ0v) is 20.1. The number of rotatable bonds is 7. The zero-order chi connectivity index (χ0) is 23.6. The van der Waals surface area contributed by atoms with Crippen molar-refractivity contribution in [2.24, 2.45) is 0 Å². The fourth-order valence-corrected chi connectivity index (χ4v) is 6.45. The van der Waals surface area contributed by atoms with Gasteiger partial charge in [-0.15, -0.1) is 0 Å². The Balaban J connectivity index is 1.26. The molecule has 0 unspecified atom stereocenters. The number of ketones is 1. The summed E-state index contributed by atoms with van der Waals surface area (Å²) in [6.07, 6.45) is 1.78. The lowest BCUT2D eigenvalue weighted by molar-refractivity contribution is 0.0954. The Labute approximate surface area is 195 Å². The molecule has 0 amide bonds. The lowest BCUT2D eigenvalue weighted by Gasteiger charge is -2.36. The first-order valence-electron chi connectivity index (χ1n) is 10.8. The van der Waals surface area contributed by atoms with Gasteiger partial charge in [-0.1, -0.05) is 12.1 Å². The van der Waals surface area contributed by atoms with Crippen LogP contribution < -0.4 is 9.62 Å². The largest absolute Gasteiger partial charge is 0.369 e. The number of nitrogens with zero attached hydrogens (tertiary/aromatic N) is 3. The van der Waals surface area contributed by atoms with E-state index >= 15 is 0 Å². The summed E-state index contributed by atoms with van der Waals surface area (Å²) in [5.41, 5.74) is 1.85. The van der Waals surface area contributed by atoms with Crippen molar-refractivity contribution in [1.82, 2.24) is 9.21 Å². The van der Waals surface area contributed by atoms with Crippen LogP contribution in [-0.2, 0) is 20.0 Å². The van der Waals surface area contributed by atoms with Crippen molar-refractivity contribution in [2.75, 3.05) is 61.7 Å². The minimum absolute atomic E-state index is 0.0999. The summed E-state index contributed by atoms with van der Waals surface area (Å²) in [5, 5.41) is 0. The molecular formula is C22H28N4O5S2. The standard InChI is InChI=1S/C22H28N4O5S2/c1-32(28,29)23-18-7-9-19(10-8-18)25-15-13-24(14-16-25)11-4-12-26-17-21(27)20-5-2-3-6-22(20)33(26,30)31/h2-3,5-10,23H,4,11-17H2,1H3. The first-order chi connectivity index (χ1) is 15.6. The molecule has 33 heavy (non-hydrogen) atoms. The fraction of sp³-hybridized carbons (Fsp3) is 0.409. The molecule has 0 radical (unpaired) electrons. The van der Waals surface area contributed by atoms with Crippen LogP contribution in [0.1, 0.15) is 16.8 Å². The Morgan fingerprint density at radius 1 is 0.939 bits per heavy atom.